The van der Waals surface area contributed by atoms with Crippen LogP contribution in [0.2, 0.25) is 0 Å². The van der Waals surface area contributed by atoms with E-state index in [1.807, 2.05) is 0 Å². The molecule has 0 saturated heterocycles. The Hall–Kier alpha value is -0.660. The van der Waals surface area contributed by atoms with E-state index in [4.69, 9.17) is 5.73 Å². The van der Waals surface area contributed by atoms with Gasteiger partial charge in [-0.1, -0.05) is 6.42 Å². The van der Waals surface area contributed by atoms with E-state index in [9.17, 15) is 13.2 Å². The molecule has 7 heteroatoms. The lowest BCUT2D eigenvalue weighted by Crippen LogP contribution is -2.48. The number of amides is 1. The Bertz CT molecular complexity index is 394. The van der Waals surface area contributed by atoms with Crippen LogP contribution in [0.15, 0.2) is 0 Å². The molecule has 0 spiro atoms. The highest BCUT2D eigenvalue weighted by Crippen LogP contribution is 2.25. The maximum atomic E-state index is 12.1. The van der Waals surface area contributed by atoms with E-state index >= 15 is 0 Å². The molecule has 3 atom stereocenters. The highest BCUT2D eigenvalue weighted by Gasteiger charge is 2.35. The van der Waals surface area contributed by atoms with Gasteiger partial charge in [0.2, 0.25) is 15.9 Å². The van der Waals surface area contributed by atoms with Gasteiger partial charge in [-0.05, 0) is 32.2 Å². The number of carbonyl (C=O) groups is 1. The van der Waals surface area contributed by atoms with Gasteiger partial charge in [-0.2, -0.15) is 0 Å². The van der Waals surface area contributed by atoms with Crippen molar-refractivity contribution in [3.05, 3.63) is 0 Å². The van der Waals surface area contributed by atoms with Crippen molar-refractivity contribution in [3.8, 4) is 0 Å². The summed E-state index contributed by atoms with van der Waals surface area (Å²) in [7, 11) is -0.531. The maximum Gasteiger partial charge on any atom is 0.241 e. The van der Waals surface area contributed by atoms with E-state index in [-0.39, 0.29) is 12.0 Å². The zero-order valence-electron chi connectivity index (χ0n) is 11.2. The minimum Gasteiger partial charge on any atom is -0.348 e. The van der Waals surface area contributed by atoms with Gasteiger partial charge in [-0.15, -0.1) is 0 Å². The van der Waals surface area contributed by atoms with Gasteiger partial charge in [0, 0.05) is 20.1 Å². The first kappa shape index (κ1) is 15.4. The minimum absolute atomic E-state index is 0.127. The van der Waals surface area contributed by atoms with Gasteiger partial charge in [0.25, 0.3) is 0 Å². The van der Waals surface area contributed by atoms with E-state index in [1.165, 1.54) is 11.8 Å². The largest absolute Gasteiger partial charge is 0.348 e. The molecule has 1 aliphatic rings. The molecular weight excluding hydrogens is 254 g/mol. The molecule has 0 aromatic rings. The first-order chi connectivity index (χ1) is 8.29. The van der Waals surface area contributed by atoms with Crippen molar-refractivity contribution in [1.29, 1.82) is 0 Å². The number of nitrogens with two attached hydrogens (primary N) is 1. The normalized spacial score (nSPS) is 26.0. The summed E-state index contributed by atoms with van der Waals surface area (Å²) >= 11 is 0. The van der Waals surface area contributed by atoms with Crippen LogP contribution < -0.4 is 10.5 Å². The zero-order chi connectivity index (χ0) is 13.9. The van der Waals surface area contributed by atoms with Gasteiger partial charge in [0.15, 0.2) is 5.25 Å². The first-order valence-electron chi connectivity index (χ1n) is 6.22. The summed E-state index contributed by atoms with van der Waals surface area (Å²) in [5, 5.41) is -1.06. The third-order valence-electron chi connectivity index (χ3n) is 3.53. The van der Waals surface area contributed by atoms with Crippen LogP contribution in [-0.2, 0) is 14.8 Å². The van der Waals surface area contributed by atoms with E-state index in [0.717, 1.165) is 19.3 Å². The Morgan fingerprint density at radius 3 is 2.56 bits per heavy atom. The smallest absolute Gasteiger partial charge is 0.241 e. The number of hydrogen-bond acceptors (Lipinski definition) is 4. The van der Waals surface area contributed by atoms with Gasteiger partial charge in [0.05, 0.1) is 0 Å². The molecule has 0 radical (unpaired) electrons. The van der Waals surface area contributed by atoms with Crippen LogP contribution >= 0.6 is 0 Å². The predicted molar refractivity (Wildman–Crippen MR) is 70.4 cm³/mol. The third-order valence-corrected chi connectivity index (χ3v) is 5.30. The van der Waals surface area contributed by atoms with Gasteiger partial charge >= 0.3 is 0 Å². The lowest BCUT2D eigenvalue weighted by atomic mass is 10.1. The second-order valence-corrected chi connectivity index (χ2v) is 7.10. The molecular formula is C11H23N3O3S. The van der Waals surface area contributed by atoms with Crippen LogP contribution in [-0.4, -0.2) is 51.2 Å². The molecule has 1 amide bonds. The summed E-state index contributed by atoms with van der Waals surface area (Å²) in [5.74, 6) is -0.230. The maximum absolute atomic E-state index is 12.1. The van der Waals surface area contributed by atoms with Crippen LogP contribution in [0, 0.1) is 5.92 Å². The topological polar surface area (TPSA) is 92.5 Å². The molecule has 0 heterocycles. The van der Waals surface area contributed by atoms with Crippen molar-refractivity contribution in [2.24, 2.45) is 11.7 Å². The summed E-state index contributed by atoms with van der Waals surface area (Å²) in [5.41, 5.74) is 5.62. The molecule has 3 unspecified atom stereocenters. The van der Waals surface area contributed by atoms with Gasteiger partial charge < -0.3 is 10.6 Å². The van der Waals surface area contributed by atoms with Gasteiger partial charge in [-0.25, -0.2) is 13.1 Å². The Morgan fingerprint density at radius 1 is 1.44 bits per heavy atom. The van der Waals surface area contributed by atoms with Crippen molar-refractivity contribution in [2.75, 3.05) is 20.6 Å². The third kappa shape index (κ3) is 3.43. The Labute approximate surface area is 109 Å². The van der Waals surface area contributed by atoms with Crippen molar-refractivity contribution in [2.45, 2.75) is 37.5 Å². The highest BCUT2D eigenvalue weighted by atomic mass is 32.2. The van der Waals surface area contributed by atoms with Crippen molar-refractivity contribution in [3.63, 3.8) is 0 Å². The second-order valence-electron chi connectivity index (χ2n) is 5.07. The number of nitrogens with one attached hydrogen (secondary N) is 1. The van der Waals surface area contributed by atoms with E-state index in [2.05, 4.69) is 4.72 Å². The molecule has 1 aliphatic carbocycles. The average Bonchev–Trinajstić information content (AvgIpc) is 2.73. The van der Waals surface area contributed by atoms with Crippen LogP contribution in [0.1, 0.15) is 26.2 Å². The van der Waals surface area contributed by atoms with Gasteiger partial charge in [0.1, 0.15) is 0 Å². The van der Waals surface area contributed by atoms with E-state index < -0.39 is 21.2 Å². The Kier molecular flexibility index (Phi) is 5.12. The minimum atomic E-state index is -3.63. The Morgan fingerprint density at radius 2 is 2.06 bits per heavy atom. The molecule has 1 fully saturated rings. The standard InChI is InChI=1S/C11H23N3O3S/c1-8(11(15)14(2)3)18(16,17)13-10-6-4-5-9(10)7-12/h8-10,13H,4-7,12H2,1-3H3. The zero-order valence-corrected chi connectivity index (χ0v) is 12.0. The molecule has 1 saturated carbocycles. The molecule has 1 rings (SSSR count). The van der Waals surface area contributed by atoms with Crippen molar-refractivity contribution < 1.29 is 13.2 Å². The fraction of sp³-hybridized carbons (Fsp3) is 0.909. The van der Waals surface area contributed by atoms with E-state index in [1.54, 1.807) is 14.1 Å². The summed E-state index contributed by atoms with van der Waals surface area (Å²) < 4.78 is 26.8. The summed E-state index contributed by atoms with van der Waals surface area (Å²) in [6, 6.07) is -0.127. The molecule has 0 aromatic heterocycles. The summed E-state index contributed by atoms with van der Waals surface area (Å²) in [6.07, 6.45) is 2.72. The summed E-state index contributed by atoms with van der Waals surface area (Å²) in [4.78, 5) is 13.0. The fourth-order valence-corrected chi connectivity index (χ4v) is 3.70. The van der Waals surface area contributed by atoms with Crippen molar-refractivity contribution >= 4 is 15.9 Å². The lowest BCUT2D eigenvalue weighted by molar-refractivity contribution is -0.127. The van der Waals surface area contributed by atoms with E-state index in [0.29, 0.717) is 6.54 Å². The molecule has 18 heavy (non-hydrogen) atoms. The monoisotopic (exact) mass is 277 g/mol. The van der Waals surface area contributed by atoms with Crippen LogP contribution in [0.25, 0.3) is 0 Å². The van der Waals surface area contributed by atoms with Crippen LogP contribution in [0.3, 0.4) is 0 Å². The number of nitrogens with zero attached hydrogens (tertiary/aromatic N) is 1. The van der Waals surface area contributed by atoms with Crippen molar-refractivity contribution in [1.82, 2.24) is 9.62 Å². The molecule has 6 nitrogen and oxygen atoms in total. The SMILES string of the molecule is CC(C(=O)N(C)C)S(=O)(=O)NC1CCCC1CN. The Balaban J connectivity index is 2.73. The van der Waals surface area contributed by atoms with Crippen LogP contribution in [0.5, 0.6) is 0 Å². The fourth-order valence-electron chi connectivity index (χ4n) is 2.28. The molecule has 0 bridgehead atoms. The van der Waals surface area contributed by atoms with Crippen LogP contribution in [0.4, 0.5) is 0 Å². The lowest BCUT2D eigenvalue weighted by Gasteiger charge is -2.23. The molecule has 3 N–H and O–H groups in total. The second kappa shape index (κ2) is 5.99. The number of hydrogen-bond donors (Lipinski definition) is 2. The number of rotatable bonds is 5. The molecule has 0 aliphatic heterocycles. The summed E-state index contributed by atoms with van der Waals surface area (Å²) in [6.45, 7) is 1.89. The molecule has 106 valence electrons. The number of sulfonamides is 1. The highest BCUT2D eigenvalue weighted by molar-refractivity contribution is 7.90. The quantitative estimate of drug-likeness (QED) is 0.709. The van der Waals surface area contributed by atoms with Gasteiger partial charge in [-0.3, -0.25) is 4.79 Å². The molecule has 0 aromatic carbocycles. The number of carbonyl (C=O) groups excluding carboxylic acids is 1. The average molecular weight is 277 g/mol. The first-order valence-corrected chi connectivity index (χ1v) is 7.76. The predicted octanol–water partition coefficient (Wildman–Crippen LogP) is -0.490.